The molecule has 2 aromatic heterocycles. The number of halogens is 1. The average molecular weight is 435 g/mol. The number of nitrogens with zero attached hydrogens (tertiary/aromatic N) is 4. The molecule has 0 fully saturated rings. The number of carbonyl (C=O) groups is 1. The van der Waals surface area contributed by atoms with E-state index in [0.717, 1.165) is 17.7 Å². The molecule has 0 amide bonds. The maximum absolute atomic E-state index is 12.6. The van der Waals surface area contributed by atoms with Gasteiger partial charge in [0.15, 0.2) is 16.8 Å². The fourth-order valence-corrected chi connectivity index (χ4v) is 3.99. The quantitative estimate of drug-likeness (QED) is 0.283. The van der Waals surface area contributed by atoms with Crippen LogP contribution >= 0.6 is 23.4 Å². The summed E-state index contributed by atoms with van der Waals surface area (Å²) < 4.78 is 1.98. The highest BCUT2D eigenvalue weighted by Crippen LogP contribution is 2.28. The second kappa shape index (κ2) is 9.24. The maximum Gasteiger partial charge on any atom is 0.196 e. The molecular weight excluding hydrogens is 416 g/mol. The van der Waals surface area contributed by atoms with Crippen molar-refractivity contribution in [1.82, 2.24) is 19.7 Å². The van der Waals surface area contributed by atoms with Crippen LogP contribution in [0.15, 0.2) is 78.2 Å². The van der Waals surface area contributed by atoms with Gasteiger partial charge >= 0.3 is 0 Å². The monoisotopic (exact) mass is 434 g/mol. The highest BCUT2D eigenvalue weighted by atomic mass is 35.5. The normalized spacial score (nSPS) is 10.9. The summed E-state index contributed by atoms with van der Waals surface area (Å²) in [6, 6.07) is 19.0. The summed E-state index contributed by atoms with van der Waals surface area (Å²) in [6.07, 6.45) is 4.42. The minimum Gasteiger partial charge on any atom is -0.293 e. The third-order valence-electron chi connectivity index (χ3n) is 4.67. The number of carbonyl (C=O) groups excluding carboxylic acids is 1. The van der Waals surface area contributed by atoms with E-state index in [0.29, 0.717) is 21.6 Å². The van der Waals surface area contributed by atoms with Gasteiger partial charge in [-0.05, 0) is 60.5 Å². The second-order valence-corrected chi connectivity index (χ2v) is 8.00. The van der Waals surface area contributed by atoms with E-state index in [1.807, 2.05) is 16.7 Å². The van der Waals surface area contributed by atoms with Crippen LogP contribution in [-0.2, 0) is 6.42 Å². The van der Waals surface area contributed by atoms with Gasteiger partial charge in [0.05, 0.1) is 5.75 Å². The Hall–Kier alpha value is -2.96. The summed E-state index contributed by atoms with van der Waals surface area (Å²) in [4.78, 5) is 16.7. The van der Waals surface area contributed by atoms with E-state index in [9.17, 15) is 4.79 Å². The fraction of sp³-hybridized carbons (Fsp3) is 0.130. The van der Waals surface area contributed by atoms with Crippen molar-refractivity contribution in [2.45, 2.75) is 18.5 Å². The van der Waals surface area contributed by atoms with Crippen LogP contribution in [0, 0.1) is 0 Å². The summed E-state index contributed by atoms with van der Waals surface area (Å²) in [5.74, 6) is 0.976. The van der Waals surface area contributed by atoms with E-state index < -0.39 is 0 Å². The van der Waals surface area contributed by atoms with Gasteiger partial charge < -0.3 is 0 Å². The van der Waals surface area contributed by atoms with Crippen molar-refractivity contribution in [3.05, 3.63) is 89.2 Å². The molecule has 4 rings (SSSR count). The summed E-state index contributed by atoms with van der Waals surface area (Å²) in [7, 11) is 0. The van der Waals surface area contributed by atoms with Gasteiger partial charge in [-0.1, -0.05) is 42.4 Å². The lowest BCUT2D eigenvalue weighted by Crippen LogP contribution is -2.05. The number of aromatic nitrogens is 4. The number of pyridine rings is 1. The Balaban J connectivity index is 1.66. The smallest absolute Gasteiger partial charge is 0.196 e. The number of hydrogen-bond donors (Lipinski definition) is 0. The van der Waals surface area contributed by atoms with E-state index in [1.165, 1.54) is 17.3 Å². The van der Waals surface area contributed by atoms with Gasteiger partial charge in [-0.3, -0.25) is 14.3 Å². The summed E-state index contributed by atoms with van der Waals surface area (Å²) in [5, 5.41) is 10.0. The molecule has 0 N–H and O–H groups in total. The lowest BCUT2D eigenvalue weighted by Gasteiger charge is -2.11. The predicted molar refractivity (Wildman–Crippen MR) is 120 cm³/mol. The Morgan fingerprint density at radius 1 is 0.967 bits per heavy atom. The molecule has 0 spiro atoms. The number of Topliss-reactive ketones (excluding diaryl/α,β-unsaturated/α-hetero) is 1. The van der Waals surface area contributed by atoms with Gasteiger partial charge in [0.25, 0.3) is 0 Å². The highest BCUT2D eigenvalue weighted by molar-refractivity contribution is 7.99. The van der Waals surface area contributed by atoms with Crippen molar-refractivity contribution in [3.8, 4) is 17.1 Å². The van der Waals surface area contributed by atoms with Gasteiger partial charge in [-0.2, -0.15) is 0 Å². The Kier molecular flexibility index (Phi) is 6.26. The lowest BCUT2D eigenvalue weighted by atomic mass is 10.1. The summed E-state index contributed by atoms with van der Waals surface area (Å²) in [6.45, 7) is 2.12. The van der Waals surface area contributed by atoms with Gasteiger partial charge in [-0.15, -0.1) is 10.2 Å². The Bertz CT molecular complexity index is 1140. The van der Waals surface area contributed by atoms with Crippen molar-refractivity contribution in [2.75, 3.05) is 5.75 Å². The standard InChI is InChI=1S/C23H19ClN4OS/c1-2-16-3-9-20(10-4-16)28-22(18-11-13-25-14-12-18)26-27-23(28)30-15-21(29)17-5-7-19(24)8-6-17/h3-14H,2,15H2,1H3. The molecule has 7 heteroatoms. The molecule has 0 aliphatic heterocycles. The van der Waals surface area contributed by atoms with E-state index in [2.05, 4.69) is 46.4 Å². The van der Waals surface area contributed by atoms with E-state index in [4.69, 9.17) is 11.6 Å². The number of ketones is 1. The number of rotatable bonds is 7. The molecule has 5 nitrogen and oxygen atoms in total. The van der Waals surface area contributed by atoms with Gasteiger partial charge in [-0.25, -0.2) is 0 Å². The van der Waals surface area contributed by atoms with Crippen LogP contribution < -0.4 is 0 Å². The first-order chi connectivity index (χ1) is 14.7. The fourth-order valence-electron chi connectivity index (χ4n) is 3.01. The van der Waals surface area contributed by atoms with Crippen molar-refractivity contribution in [1.29, 1.82) is 0 Å². The van der Waals surface area contributed by atoms with Crippen LogP contribution in [0.5, 0.6) is 0 Å². The topological polar surface area (TPSA) is 60.7 Å². The average Bonchev–Trinajstić information content (AvgIpc) is 3.22. The first-order valence-corrected chi connectivity index (χ1v) is 10.9. The van der Waals surface area contributed by atoms with Gasteiger partial charge in [0.2, 0.25) is 0 Å². The van der Waals surface area contributed by atoms with Crippen molar-refractivity contribution in [3.63, 3.8) is 0 Å². The molecule has 150 valence electrons. The Labute approximate surface area is 184 Å². The largest absolute Gasteiger partial charge is 0.293 e. The Morgan fingerprint density at radius 3 is 2.33 bits per heavy atom. The first-order valence-electron chi connectivity index (χ1n) is 9.52. The third-order valence-corrected chi connectivity index (χ3v) is 5.85. The zero-order chi connectivity index (χ0) is 20.9. The molecular formula is C23H19ClN4OS. The van der Waals surface area contributed by atoms with Crippen molar-refractivity contribution in [2.24, 2.45) is 0 Å². The van der Waals surface area contributed by atoms with Crippen LogP contribution in [0.4, 0.5) is 0 Å². The highest BCUT2D eigenvalue weighted by Gasteiger charge is 2.18. The molecule has 2 aromatic carbocycles. The first kappa shape index (κ1) is 20.3. The number of hydrogen-bond acceptors (Lipinski definition) is 5. The molecule has 0 radical (unpaired) electrons. The molecule has 4 aromatic rings. The van der Waals surface area contributed by atoms with Crippen molar-refractivity contribution >= 4 is 29.1 Å². The number of benzene rings is 2. The van der Waals surface area contributed by atoms with E-state index in [1.54, 1.807) is 36.7 Å². The SMILES string of the molecule is CCc1ccc(-n2c(SCC(=O)c3ccc(Cl)cc3)nnc2-c2ccncc2)cc1. The minimum atomic E-state index is 0.0120. The lowest BCUT2D eigenvalue weighted by molar-refractivity contribution is 0.102. The molecule has 0 aliphatic carbocycles. The number of thioether (sulfide) groups is 1. The maximum atomic E-state index is 12.6. The predicted octanol–water partition coefficient (Wildman–Crippen LogP) is 5.52. The minimum absolute atomic E-state index is 0.0120. The van der Waals surface area contributed by atoms with Crippen molar-refractivity contribution < 1.29 is 4.79 Å². The van der Waals surface area contributed by atoms with Crippen LogP contribution in [-0.4, -0.2) is 31.3 Å². The molecule has 0 saturated carbocycles. The second-order valence-electron chi connectivity index (χ2n) is 6.62. The third kappa shape index (κ3) is 4.45. The molecule has 0 atom stereocenters. The van der Waals surface area contributed by atoms with Crippen LogP contribution in [0.1, 0.15) is 22.8 Å². The zero-order valence-corrected chi connectivity index (χ0v) is 17.9. The molecule has 0 bridgehead atoms. The van der Waals surface area contributed by atoms with Crippen LogP contribution in [0.2, 0.25) is 5.02 Å². The van der Waals surface area contributed by atoms with E-state index in [-0.39, 0.29) is 11.5 Å². The molecule has 0 unspecified atom stereocenters. The number of aryl methyl sites for hydroxylation is 1. The molecule has 30 heavy (non-hydrogen) atoms. The zero-order valence-electron chi connectivity index (χ0n) is 16.3. The summed E-state index contributed by atoms with van der Waals surface area (Å²) in [5.41, 5.74) is 3.74. The molecule has 0 saturated heterocycles. The van der Waals surface area contributed by atoms with Gasteiger partial charge in [0.1, 0.15) is 0 Å². The van der Waals surface area contributed by atoms with Crippen LogP contribution in [0.3, 0.4) is 0 Å². The summed E-state index contributed by atoms with van der Waals surface area (Å²) >= 11 is 7.28. The van der Waals surface area contributed by atoms with Crippen LogP contribution in [0.25, 0.3) is 17.1 Å². The molecule has 2 heterocycles. The van der Waals surface area contributed by atoms with E-state index >= 15 is 0 Å². The van der Waals surface area contributed by atoms with Gasteiger partial charge in [0, 0.05) is 34.2 Å². The Morgan fingerprint density at radius 2 is 1.67 bits per heavy atom. The molecule has 0 aliphatic rings.